The van der Waals surface area contributed by atoms with E-state index in [1.807, 2.05) is 19.1 Å². The molecular formula is C29H39ClN6O6. The van der Waals surface area contributed by atoms with Crippen LogP contribution in [0.4, 0.5) is 4.79 Å². The van der Waals surface area contributed by atoms with E-state index in [9.17, 15) is 14.4 Å². The minimum Gasteiger partial charge on any atom is -0.465 e. The Morgan fingerprint density at radius 3 is 2.45 bits per heavy atom. The molecule has 3 heterocycles. The average Bonchev–Trinajstić information content (AvgIpc) is 3.64. The van der Waals surface area contributed by atoms with E-state index in [4.69, 9.17) is 25.8 Å². The number of hydrogen-bond donors (Lipinski definition) is 0. The largest absolute Gasteiger partial charge is 0.465 e. The van der Waals surface area contributed by atoms with Gasteiger partial charge in [0.15, 0.2) is 0 Å². The van der Waals surface area contributed by atoms with Crippen LogP contribution in [-0.2, 0) is 23.8 Å². The van der Waals surface area contributed by atoms with Crippen LogP contribution in [0.2, 0.25) is 5.02 Å². The van der Waals surface area contributed by atoms with Crippen LogP contribution in [0.15, 0.2) is 24.3 Å². The number of esters is 2. The third kappa shape index (κ3) is 6.54. The normalized spacial score (nSPS) is 27.8. The van der Waals surface area contributed by atoms with Gasteiger partial charge in [-0.2, -0.15) is 4.80 Å². The number of amides is 1. The Kier molecular flexibility index (Phi) is 9.62. The van der Waals surface area contributed by atoms with Gasteiger partial charge in [-0.15, -0.1) is 10.2 Å². The molecule has 0 spiro atoms. The molecule has 5 rings (SSSR count). The molecule has 1 aromatic carbocycles. The van der Waals surface area contributed by atoms with Crippen LogP contribution in [0, 0.1) is 17.8 Å². The first-order chi connectivity index (χ1) is 20.3. The second kappa shape index (κ2) is 13.4. The van der Waals surface area contributed by atoms with Gasteiger partial charge in [0, 0.05) is 30.2 Å². The summed E-state index contributed by atoms with van der Waals surface area (Å²) in [6.45, 7) is 5.95. The first-order valence-electron chi connectivity index (χ1n) is 14.8. The van der Waals surface area contributed by atoms with E-state index in [0.29, 0.717) is 55.2 Å². The Labute approximate surface area is 250 Å². The summed E-state index contributed by atoms with van der Waals surface area (Å²) in [4.78, 5) is 43.6. The van der Waals surface area contributed by atoms with Crippen LogP contribution in [0.25, 0.3) is 11.4 Å². The summed E-state index contributed by atoms with van der Waals surface area (Å²) in [5.74, 6) is 0.762. The standard InChI is InChI=1S/C29H39ClN6O6/c1-4-41-27(37)24-14-23(36-32-26(31-33-36)19-7-6-8-22(30)12-19)17-34(24)15-18-9-10-20-16-35(29(39)40-3)25(13-21(20)11-18)28(38)42-5-2/h6-8,12,18,20-21,23-25H,4-5,9-11,13-17H2,1-3H3. The summed E-state index contributed by atoms with van der Waals surface area (Å²) in [7, 11) is 1.34. The maximum absolute atomic E-state index is 13.0. The predicted molar refractivity (Wildman–Crippen MR) is 152 cm³/mol. The van der Waals surface area contributed by atoms with Crippen LogP contribution in [0.3, 0.4) is 0 Å². The van der Waals surface area contributed by atoms with E-state index in [1.165, 1.54) is 12.0 Å². The molecule has 3 aliphatic rings. The van der Waals surface area contributed by atoms with Crippen molar-refractivity contribution >= 4 is 29.6 Å². The number of methoxy groups -OCH3 is 1. The molecule has 2 saturated heterocycles. The fourth-order valence-electron chi connectivity index (χ4n) is 6.88. The maximum Gasteiger partial charge on any atom is 0.410 e. The van der Waals surface area contributed by atoms with Gasteiger partial charge < -0.3 is 14.2 Å². The molecule has 2 aromatic rings. The van der Waals surface area contributed by atoms with E-state index in [1.54, 1.807) is 23.9 Å². The lowest BCUT2D eigenvalue weighted by Gasteiger charge is -2.46. The zero-order valence-electron chi connectivity index (χ0n) is 24.4. The van der Waals surface area contributed by atoms with Crippen LogP contribution < -0.4 is 0 Å². The first kappa shape index (κ1) is 30.2. The quantitative estimate of drug-likeness (QED) is 0.326. The molecule has 6 atom stereocenters. The molecule has 1 aliphatic carbocycles. The average molecular weight is 603 g/mol. The van der Waals surface area contributed by atoms with E-state index >= 15 is 0 Å². The van der Waals surface area contributed by atoms with Crippen molar-refractivity contribution in [3.63, 3.8) is 0 Å². The minimum absolute atomic E-state index is 0.132. The van der Waals surface area contributed by atoms with Crippen molar-refractivity contribution in [2.45, 2.75) is 64.1 Å². The van der Waals surface area contributed by atoms with Crippen LogP contribution >= 0.6 is 11.6 Å². The number of piperidine rings is 1. The monoisotopic (exact) mass is 602 g/mol. The number of ether oxygens (including phenoxy) is 3. The van der Waals surface area contributed by atoms with Crippen molar-refractivity contribution in [3.05, 3.63) is 29.3 Å². The number of carbonyl (C=O) groups is 3. The summed E-state index contributed by atoms with van der Waals surface area (Å²) >= 11 is 6.15. The van der Waals surface area contributed by atoms with Crippen LogP contribution in [-0.4, -0.2) is 100 Å². The Hall–Kier alpha value is -3.25. The SMILES string of the molecule is CCOC(=O)C1CC(n2nnc(-c3cccc(Cl)c3)n2)CN1CC1CCC2CN(C(=O)OC)C(C(=O)OCC)CC2C1. The first-order valence-corrected chi connectivity index (χ1v) is 15.2. The Morgan fingerprint density at radius 2 is 1.74 bits per heavy atom. The molecule has 0 bridgehead atoms. The van der Waals surface area contributed by atoms with E-state index in [-0.39, 0.29) is 30.5 Å². The fourth-order valence-corrected chi connectivity index (χ4v) is 7.07. The highest BCUT2D eigenvalue weighted by Gasteiger charge is 2.46. The number of carbonyl (C=O) groups excluding carboxylic acids is 3. The molecule has 2 aliphatic heterocycles. The third-order valence-electron chi connectivity index (χ3n) is 8.82. The molecule has 228 valence electrons. The molecule has 6 unspecified atom stereocenters. The Bertz CT molecular complexity index is 1270. The van der Waals surface area contributed by atoms with Gasteiger partial charge in [-0.3, -0.25) is 14.6 Å². The number of aromatic nitrogens is 4. The van der Waals surface area contributed by atoms with Gasteiger partial charge in [0.05, 0.1) is 26.4 Å². The second-order valence-corrected chi connectivity index (χ2v) is 11.8. The highest BCUT2D eigenvalue weighted by molar-refractivity contribution is 6.30. The molecule has 0 N–H and O–H groups in total. The van der Waals surface area contributed by atoms with Crippen molar-refractivity contribution in [2.24, 2.45) is 17.8 Å². The lowest BCUT2D eigenvalue weighted by Crippen LogP contribution is -2.55. The second-order valence-electron chi connectivity index (χ2n) is 11.4. The van der Waals surface area contributed by atoms with Gasteiger partial charge in [-0.25, -0.2) is 9.59 Å². The predicted octanol–water partition coefficient (Wildman–Crippen LogP) is 3.61. The van der Waals surface area contributed by atoms with Gasteiger partial charge in [0.25, 0.3) is 0 Å². The number of fused-ring (bicyclic) bond motifs is 1. The van der Waals surface area contributed by atoms with E-state index in [2.05, 4.69) is 20.3 Å². The molecule has 42 heavy (non-hydrogen) atoms. The van der Waals surface area contributed by atoms with Crippen LogP contribution in [0.5, 0.6) is 0 Å². The van der Waals surface area contributed by atoms with Crippen molar-refractivity contribution in [1.29, 1.82) is 0 Å². The number of hydrogen-bond acceptors (Lipinski definition) is 10. The molecule has 12 nitrogen and oxygen atoms in total. The van der Waals surface area contributed by atoms with E-state index < -0.39 is 18.2 Å². The zero-order valence-corrected chi connectivity index (χ0v) is 25.1. The smallest absolute Gasteiger partial charge is 0.410 e. The molecular weight excluding hydrogens is 564 g/mol. The molecule has 1 aromatic heterocycles. The maximum atomic E-state index is 13.0. The summed E-state index contributed by atoms with van der Waals surface area (Å²) in [6.07, 6.45) is 3.41. The number of rotatable bonds is 8. The lowest BCUT2D eigenvalue weighted by atomic mass is 9.69. The Balaban J connectivity index is 1.27. The lowest BCUT2D eigenvalue weighted by molar-refractivity contribution is -0.153. The zero-order chi connectivity index (χ0) is 29.8. The van der Waals surface area contributed by atoms with Gasteiger partial charge in [-0.05, 0) is 81.1 Å². The molecule has 1 amide bonds. The molecule has 1 saturated carbocycles. The highest BCUT2D eigenvalue weighted by atomic mass is 35.5. The number of tetrazole rings is 1. The Morgan fingerprint density at radius 1 is 0.976 bits per heavy atom. The number of likely N-dealkylation sites (tertiary alicyclic amines) is 2. The minimum atomic E-state index is -0.645. The number of halogens is 1. The van der Waals surface area contributed by atoms with Crippen molar-refractivity contribution in [3.8, 4) is 11.4 Å². The number of benzene rings is 1. The fraction of sp³-hybridized carbons (Fsp3) is 0.655. The van der Waals surface area contributed by atoms with Gasteiger partial charge in [0.2, 0.25) is 5.82 Å². The summed E-state index contributed by atoms with van der Waals surface area (Å²) in [6, 6.07) is 6.14. The highest BCUT2D eigenvalue weighted by Crippen LogP contribution is 2.42. The molecule has 3 fully saturated rings. The summed E-state index contributed by atoms with van der Waals surface area (Å²) in [5, 5.41) is 13.8. The van der Waals surface area contributed by atoms with Crippen molar-refractivity contribution < 1.29 is 28.6 Å². The van der Waals surface area contributed by atoms with Crippen molar-refractivity contribution in [1.82, 2.24) is 30.0 Å². The van der Waals surface area contributed by atoms with E-state index in [0.717, 1.165) is 31.4 Å². The van der Waals surface area contributed by atoms with Crippen LogP contribution in [0.1, 0.15) is 52.0 Å². The van der Waals surface area contributed by atoms with Gasteiger partial charge in [-0.1, -0.05) is 23.7 Å². The summed E-state index contributed by atoms with van der Waals surface area (Å²) < 4.78 is 15.7. The third-order valence-corrected chi connectivity index (χ3v) is 9.06. The van der Waals surface area contributed by atoms with Gasteiger partial charge >= 0.3 is 18.0 Å². The molecule has 0 radical (unpaired) electrons. The van der Waals surface area contributed by atoms with Crippen molar-refractivity contribution in [2.75, 3.05) is 40.0 Å². The van der Waals surface area contributed by atoms with Gasteiger partial charge in [0.1, 0.15) is 12.1 Å². The molecule has 13 heteroatoms. The number of nitrogens with zero attached hydrogens (tertiary/aromatic N) is 6. The topological polar surface area (TPSA) is 129 Å². The summed E-state index contributed by atoms with van der Waals surface area (Å²) in [5.41, 5.74) is 0.779.